The Morgan fingerprint density at radius 2 is 1.80 bits per heavy atom. The van der Waals surface area contributed by atoms with Crippen molar-refractivity contribution < 1.29 is 18.0 Å². The van der Waals surface area contributed by atoms with Crippen molar-refractivity contribution in [2.75, 3.05) is 27.6 Å². The van der Waals surface area contributed by atoms with Gasteiger partial charge in [-0.25, -0.2) is 0 Å². The molecule has 0 aliphatic heterocycles. The first-order valence-corrected chi connectivity index (χ1v) is 7.06. The molecule has 0 aliphatic rings. The summed E-state index contributed by atoms with van der Waals surface area (Å²) in [4.78, 5) is 0. The molecule has 1 atom stereocenters. The SMILES string of the molecule is CCCOC(CC)[Si](OC)(OC)OCN. The molecule has 2 N–H and O–H groups in total. The molecule has 0 aromatic heterocycles. The van der Waals surface area contributed by atoms with Crippen LogP contribution in [0.1, 0.15) is 26.7 Å². The summed E-state index contributed by atoms with van der Waals surface area (Å²) in [7, 11) is 0.388. The third kappa shape index (κ3) is 4.18. The maximum absolute atomic E-state index is 5.67. The van der Waals surface area contributed by atoms with Crippen molar-refractivity contribution in [1.82, 2.24) is 0 Å². The van der Waals surface area contributed by atoms with Crippen LogP contribution in [0.4, 0.5) is 0 Å². The molecule has 1 unspecified atom stereocenters. The number of rotatable bonds is 9. The van der Waals surface area contributed by atoms with E-state index in [0.29, 0.717) is 6.61 Å². The Labute approximate surface area is 93.2 Å². The van der Waals surface area contributed by atoms with Gasteiger partial charge in [0.15, 0.2) is 0 Å². The minimum absolute atomic E-state index is 0.0832. The summed E-state index contributed by atoms with van der Waals surface area (Å²) in [6.45, 7) is 4.83. The lowest BCUT2D eigenvalue weighted by atomic mass is 10.5. The maximum Gasteiger partial charge on any atom is 0.531 e. The van der Waals surface area contributed by atoms with Gasteiger partial charge in [-0.1, -0.05) is 13.8 Å². The molecule has 0 heterocycles. The summed E-state index contributed by atoms with van der Waals surface area (Å²) in [5.41, 5.74) is 5.24. The zero-order chi connectivity index (χ0) is 11.7. The van der Waals surface area contributed by atoms with Crippen molar-refractivity contribution in [2.45, 2.75) is 32.4 Å². The van der Waals surface area contributed by atoms with E-state index in [2.05, 4.69) is 6.92 Å². The molecule has 0 spiro atoms. The highest BCUT2D eigenvalue weighted by atomic mass is 28.4. The van der Waals surface area contributed by atoms with Crippen LogP contribution in [-0.2, 0) is 18.0 Å². The van der Waals surface area contributed by atoms with Gasteiger partial charge in [0.05, 0.1) is 6.73 Å². The van der Waals surface area contributed by atoms with Crippen molar-refractivity contribution in [1.29, 1.82) is 0 Å². The summed E-state index contributed by atoms with van der Waals surface area (Å²) in [6.07, 6.45) is 1.74. The summed E-state index contributed by atoms with van der Waals surface area (Å²) in [5, 5.41) is 0. The summed E-state index contributed by atoms with van der Waals surface area (Å²) in [5.74, 6) is 0. The standard InChI is InChI=1S/C9H23NO4Si/c1-5-7-13-9(6-2)15(11-3,12-4)14-8-10/h9H,5-8,10H2,1-4H3. The van der Waals surface area contributed by atoms with E-state index in [9.17, 15) is 0 Å². The number of hydrogen-bond donors (Lipinski definition) is 1. The van der Waals surface area contributed by atoms with Crippen LogP contribution in [0.5, 0.6) is 0 Å². The Hall–Kier alpha value is 0.0169. The van der Waals surface area contributed by atoms with Gasteiger partial charge in [-0.3, -0.25) is 0 Å². The lowest BCUT2D eigenvalue weighted by molar-refractivity contribution is 0.00309. The average Bonchev–Trinajstić information content (AvgIpc) is 2.28. The second-order valence-corrected chi connectivity index (χ2v) is 6.05. The molecule has 92 valence electrons. The number of nitrogens with two attached hydrogens (primary N) is 1. The zero-order valence-electron chi connectivity index (χ0n) is 10.1. The van der Waals surface area contributed by atoms with Crippen LogP contribution >= 0.6 is 0 Å². The highest BCUT2D eigenvalue weighted by Crippen LogP contribution is 2.18. The van der Waals surface area contributed by atoms with Crippen molar-refractivity contribution in [3.05, 3.63) is 0 Å². The van der Waals surface area contributed by atoms with E-state index in [1.807, 2.05) is 6.92 Å². The highest BCUT2D eigenvalue weighted by Gasteiger charge is 2.48. The first kappa shape index (κ1) is 15.0. The smallest absolute Gasteiger partial charge is 0.375 e. The molecule has 0 radical (unpaired) electrons. The molecule has 0 saturated heterocycles. The van der Waals surface area contributed by atoms with Gasteiger partial charge in [0.25, 0.3) is 0 Å². The molecule has 0 aliphatic carbocycles. The Morgan fingerprint density at radius 1 is 1.20 bits per heavy atom. The molecule has 0 aromatic carbocycles. The Kier molecular flexibility index (Phi) is 8.21. The quantitative estimate of drug-likeness (QED) is 0.477. The maximum atomic E-state index is 5.67. The van der Waals surface area contributed by atoms with E-state index in [1.165, 1.54) is 0 Å². The van der Waals surface area contributed by atoms with Crippen LogP contribution in [0.15, 0.2) is 0 Å². The van der Waals surface area contributed by atoms with Crippen molar-refractivity contribution >= 4 is 8.80 Å². The normalized spacial score (nSPS) is 14.2. The molecule has 0 saturated carbocycles. The molecule has 15 heavy (non-hydrogen) atoms. The van der Waals surface area contributed by atoms with E-state index >= 15 is 0 Å². The van der Waals surface area contributed by atoms with Gasteiger partial charge in [-0.2, -0.15) is 0 Å². The lowest BCUT2D eigenvalue weighted by Gasteiger charge is -2.32. The molecule has 0 rings (SSSR count). The molecular formula is C9H23NO4Si. The molecule has 0 fully saturated rings. The average molecular weight is 237 g/mol. The van der Waals surface area contributed by atoms with E-state index in [1.54, 1.807) is 14.2 Å². The van der Waals surface area contributed by atoms with Crippen molar-refractivity contribution in [2.24, 2.45) is 5.73 Å². The van der Waals surface area contributed by atoms with Crippen LogP contribution in [0.25, 0.3) is 0 Å². The van der Waals surface area contributed by atoms with Crippen LogP contribution in [0, 0.1) is 0 Å². The Balaban J connectivity index is 4.51. The molecular weight excluding hydrogens is 214 g/mol. The minimum atomic E-state index is -2.76. The fourth-order valence-electron chi connectivity index (χ4n) is 1.40. The Morgan fingerprint density at radius 3 is 2.13 bits per heavy atom. The summed E-state index contributed by atoms with van der Waals surface area (Å²) in [6, 6.07) is 0. The molecule has 0 amide bonds. The van der Waals surface area contributed by atoms with Crippen LogP contribution in [0.2, 0.25) is 0 Å². The van der Waals surface area contributed by atoms with Gasteiger partial charge in [-0.15, -0.1) is 0 Å². The topological polar surface area (TPSA) is 62.9 Å². The molecule has 6 heteroatoms. The summed E-state index contributed by atoms with van der Waals surface area (Å²) < 4.78 is 21.8. The lowest BCUT2D eigenvalue weighted by Crippen LogP contribution is -2.57. The van der Waals surface area contributed by atoms with Gasteiger partial charge in [0.2, 0.25) is 0 Å². The van der Waals surface area contributed by atoms with Gasteiger partial charge >= 0.3 is 8.80 Å². The van der Waals surface area contributed by atoms with E-state index in [0.717, 1.165) is 12.8 Å². The minimum Gasteiger partial charge on any atom is -0.375 e. The van der Waals surface area contributed by atoms with Gasteiger partial charge in [0, 0.05) is 20.8 Å². The second-order valence-electron chi connectivity index (χ2n) is 3.09. The van der Waals surface area contributed by atoms with E-state index < -0.39 is 8.80 Å². The largest absolute Gasteiger partial charge is 0.531 e. The fourth-order valence-corrected chi connectivity index (χ4v) is 3.57. The van der Waals surface area contributed by atoms with E-state index in [4.69, 9.17) is 23.7 Å². The predicted molar refractivity (Wildman–Crippen MR) is 60.2 cm³/mol. The second kappa shape index (κ2) is 8.20. The van der Waals surface area contributed by atoms with Crippen LogP contribution < -0.4 is 5.73 Å². The predicted octanol–water partition coefficient (Wildman–Crippen LogP) is 0.895. The highest BCUT2D eigenvalue weighted by molar-refractivity contribution is 6.62. The first-order chi connectivity index (χ1) is 7.20. The van der Waals surface area contributed by atoms with Gasteiger partial charge < -0.3 is 23.7 Å². The van der Waals surface area contributed by atoms with Crippen molar-refractivity contribution in [3.63, 3.8) is 0 Å². The third-order valence-corrected chi connectivity index (χ3v) is 5.21. The van der Waals surface area contributed by atoms with Crippen molar-refractivity contribution in [3.8, 4) is 0 Å². The van der Waals surface area contributed by atoms with Crippen LogP contribution in [-0.4, -0.2) is 42.1 Å². The molecule has 0 bridgehead atoms. The third-order valence-electron chi connectivity index (χ3n) is 2.14. The Bertz CT molecular complexity index is 155. The van der Waals surface area contributed by atoms with Gasteiger partial charge in [-0.05, 0) is 12.8 Å². The molecule has 0 aromatic rings. The summed E-state index contributed by atoms with van der Waals surface area (Å²) >= 11 is 0. The van der Waals surface area contributed by atoms with E-state index in [-0.39, 0.29) is 12.5 Å². The zero-order valence-corrected chi connectivity index (χ0v) is 11.1. The number of hydrogen-bond acceptors (Lipinski definition) is 5. The monoisotopic (exact) mass is 237 g/mol. The molecule has 5 nitrogen and oxygen atoms in total. The number of ether oxygens (including phenoxy) is 1. The fraction of sp³-hybridized carbons (Fsp3) is 1.00. The first-order valence-electron chi connectivity index (χ1n) is 5.26. The van der Waals surface area contributed by atoms with Crippen LogP contribution in [0.3, 0.4) is 0 Å². The van der Waals surface area contributed by atoms with Gasteiger partial charge in [0.1, 0.15) is 5.73 Å².